The van der Waals surface area contributed by atoms with Crippen LogP contribution in [0.3, 0.4) is 0 Å². The maximum absolute atomic E-state index is 6.01. The number of H-pyrrole nitrogens is 1. The van der Waals surface area contributed by atoms with Gasteiger partial charge in [-0.3, -0.25) is 4.90 Å². The van der Waals surface area contributed by atoms with Crippen molar-refractivity contribution in [3.8, 4) is 0 Å². The summed E-state index contributed by atoms with van der Waals surface area (Å²) in [6.45, 7) is 5.42. The van der Waals surface area contributed by atoms with Crippen LogP contribution in [0.2, 0.25) is 5.15 Å². The van der Waals surface area contributed by atoms with Crippen molar-refractivity contribution < 1.29 is 0 Å². The number of aromatic nitrogens is 2. The van der Waals surface area contributed by atoms with Gasteiger partial charge in [0.15, 0.2) is 0 Å². The van der Waals surface area contributed by atoms with Gasteiger partial charge in [-0.15, -0.1) is 0 Å². The number of piperazine rings is 1. The summed E-state index contributed by atoms with van der Waals surface area (Å²) in [5.41, 5.74) is 2.69. The Morgan fingerprint density at radius 2 is 1.81 bits per heavy atom. The number of anilines is 1. The number of unbranched alkanes of at least 4 members (excludes halogenated alkanes) is 1. The van der Waals surface area contributed by atoms with Crippen molar-refractivity contribution in [2.24, 2.45) is 0 Å². The Hall–Kier alpha value is -2.04. The normalized spacial score (nSPS) is 15.7. The summed E-state index contributed by atoms with van der Waals surface area (Å²) in [7, 11) is 0. The Kier molecular flexibility index (Phi) is 5.42. The predicted molar refractivity (Wildman–Crippen MR) is 109 cm³/mol. The smallest absolute Gasteiger partial charge is 0.131 e. The van der Waals surface area contributed by atoms with E-state index in [9.17, 15) is 0 Å². The third-order valence-corrected chi connectivity index (χ3v) is 5.45. The first-order chi connectivity index (χ1) is 12.8. The first-order valence-electron chi connectivity index (χ1n) is 9.44. The molecule has 3 aromatic rings. The first kappa shape index (κ1) is 17.4. The Morgan fingerprint density at radius 3 is 2.65 bits per heavy atom. The summed E-state index contributed by atoms with van der Waals surface area (Å²) in [6, 6.07) is 14.4. The van der Waals surface area contributed by atoms with Crippen molar-refractivity contribution in [3.05, 3.63) is 59.4 Å². The molecule has 1 saturated heterocycles. The van der Waals surface area contributed by atoms with Gasteiger partial charge in [0.1, 0.15) is 11.0 Å². The zero-order valence-corrected chi connectivity index (χ0v) is 15.8. The van der Waals surface area contributed by atoms with Gasteiger partial charge in [0.25, 0.3) is 0 Å². The van der Waals surface area contributed by atoms with Gasteiger partial charge in [-0.05, 0) is 49.6 Å². The van der Waals surface area contributed by atoms with Crippen molar-refractivity contribution in [3.63, 3.8) is 0 Å². The van der Waals surface area contributed by atoms with Crippen LogP contribution in [0, 0.1) is 0 Å². The quantitative estimate of drug-likeness (QED) is 0.518. The molecule has 1 aliphatic heterocycles. The molecule has 0 saturated carbocycles. The third-order valence-electron chi connectivity index (χ3n) is 5.24. The van der Waals surface area contributed by atoms with Gasteiger partial charge in [0.05, 0.1) is 0 Å². The van der Waals surface area contributed by atoms with Crippen molar-refractivity contribution >= 4 is 28.3 Å². The molecule has 1 aliphatic rings. The third kappa shape index (κ3) is 4.02. The minimum Gasteiger partial charge on any atom is -0.361 e. The number of halogens is 1. The molecule has 5 heteroatoms. The number of aryl methyl sites for hydroxylation is 1. The average Bonchev–Trinajstić information content (AvgIpc) is 3.09. The SMILES string of the molecule is Clc1cccc(N2CCN(CCCCc3c[nH]c4ccccc34)CC2)n1. The van der Waals surface area contributed by atoms with Gasteiger partial charge in [-0.2, -0.15) is 0 Å². The van der Waals surface area contributed by atoms with Gasteiger partial charge in [0.2, 0.25) is 0 Å². The second kappa shape index (κ2) is 8.11. The molecule has 0 atom stereocenters. The molecular weight excluding hydrogens is 344 g/mol. The predicted octanol–water partition coefficient (Wildman–Crippen LogP) is 4.36. The van der Waals surface area contributed by atoms with Crippen LogP contribution in [0.5, 0.6) is 0 Å². The Bertz CT molecular complexity index is 852. The fraction of sp³-hybridized carbons (Fsp3) is 0.381. The van der Waals surface area contributed by atoms with E-state index in [0.29, 0.717) is 5.15 Å². The number of aromatic amines is 1. The molecule has 0 radical (unpaired) electrons. The van der Waals surface area contributed by atoms with Crippen LogP contribution in [0.15, 0.2) is 48.7 Å². The number of para-hydroxylation sites is 1. The van der Waals surface area contributed by atoms with E-state index in [-0.39, 0.29) is 0 Å². The minimum atomic E-state index is 0.571. The molecule has 1 aromatic carbocycles. The van der Waals surface area contributed by atoms with E-state index in [1.165, 1.54) is 35.9 Å². The van der Waals surface area contributed by atoms with Crippen molar-refractivity contribution in [2.75, 3.05) is 37.6 Å². The van der Waals surface area contributed by atoms with E-state index < -0.39 is 0 Å². The molecule has 1 N–H and O–H groups in total. The summed E-state index contributed by atoms with van der Waals surface area (Å²) in [6.07, 6.45) is 5.80. The molecule has 0 spiro atoms. The Morgan fingerprint density at radius 1 is 0.962 bits per heavy atom. The largest absolute Gasteiger partial charge is 0.361 e. The summed E-state index contributed by atoms with van der Waals surface area (Å²) >= 11 is 6.01. The molecule has 1 fully saturated rings. The fourth-order valence-electron chi connectivity index (χ4n) is 3.76. The number of hydrogen-bond acceptors (Lipinski definition) is 3. The van der Waals surface area contributed by atoms with E-state index in [0.717, 1.165) is 38.4 Å². The standard InChI is InChI=1S/C21H25ClN4/c22-20-9-5-10-21(24-20)26-14-12-25(13-15-26)11-4-3-6-17-16-23-19-8-2-1-7-18(17)19/h1-2,5,7-10,16,23H,3-4,6,11-15H2. The summed E-state index contributed by atoms with van der Waals surface area (Å²) in [4.78, 5) is 12.7. The fourth-order valence-corrected chi connectivity index (χ4v) is 3.92. The van der Waals surface area contributed by atoms with E-state index >= 15 is 0 Å². The molecule has 0 bridgehead atoms. The van der Waals surface area contributed by atoms with Crippen LogP contribution >= 0.6 is 11.6 Å². The number of nitrogens with one attached hydrogen (secondary N) is 1. The summed E-state index contributed by atoms with van der Waals surface area (Å²) < 4.78 is 0. The lowest BCUT2D eigenvalue weighted by Crippen LogP contribution is -2.46. The molecule has 136 valence electrons. The van der Waals surface area contributed by atoms with E-state index in [2.05, 4.69) is 50.2 Å². The van der Waals surface area contributed by atoms with Crippen LogP contribution in [-0.2, 0) is 6.42 Å². The van der Waals surface area contributed by atoms with Crippen molar-refractivity contribution in [2.45, 2.75) is 19.3 Å². The highest BCUT2D eigenvalue weighted by Gasteiger charge is 2.17. The summed E-state index contributed by atoms with van der Waals surface area (Å²) in [5.74, 6) is 0.997. The lowest BCUT2D eigenvalue weighted by atomic mass is 10.1. The number of hydrogen-bond donors (Lipinski definition) is 1. The highest BCUT2D eigenvalue weighted by Crippen LogP contribution is 2.20. The van der Waals surface area contributed by atoms with Crippen LogP contribution in [0.25, 0.3) is 10.9 Å². The Labute approximate surface area is 159 Å². The molecule has 0 unspecified atom stereocenters. The second-order valence-corrected chi connectivity index (χ2v) is 7.35. The highest BCUT2D eigenvalue weighted by molar-refractivity contribution is 6.29. The monoisotopic (exact) mass is 368 g/mol. The molecule has 2 aromatic heterocycles. The summed E-state index contributed by atoms with van der Waals surface area (Å²) in [5, 5.41) is 1.94. The van der Waals surface area contributed by atoms with Crippen LogP contribution in [0.4, 0.5) is 5.82 Å². The van der Waals surface area contributed by atoms with E-state index in [4.69, 9.17) is 11.6 Å². The maximum atomic E-state index is 6.01. The molecule has 0 aliphatic carbocycles. The van der Waals surface area contributed by atoms with Gasteiger partial charge in [-0.1, -0.05) is 35.9 Å². The number of nitrogens with zero attached hydrogens (tertiary/aromatic N) is 3. The average molecular weight is 369 g/mol. The Balaban J connectivity index is 1.20. The topological polar surface area (TPSA) is 35.2 Å². The lowest BCUT2D eigenvalue weighted by Gasteiger charge is -2.35. The molecule has 4 nitrogen and oxygen atoms in total. The second-order valence-electron chi connectivity index (χ2n) is 6.96. The molecule has 4 rings (SSSR count). The number of rotatable bonds is 6. The van der Waals surface area contributed by atoms with Crippen molar-refractivity contribution in [1.29, 1.82) is 0 Å². The first-order valence-corrected chi connectivity index (χ1v) is 9.82. The van der Waals surface area contributed by atoms with Crippen molar-refractivity contribution in [1.82, 2.24) is 14.9 Å². The molecular formula is C21H25ClN4. The zero-order valence-electron chi connectivity index (χ0n) is 15.0. The molecule has 26 heavy (non-hydrogen) atoms. The van der Waals surface area contributed by atoms with Crippen LogP contribution in [-0.4, -0.2) is 47.6 Å². The van der Waals surface area contributed by atoms with E-state index in [1.54, 1.807) is 0 Å². The van der Waals surface area contributed by atoms with Crippen LogP contribution in [0.1, 0.15) is 18.4 Å². The van der Waals surface area contributed by atoms with E-state index in [1.807, 2.05) is 18.2 Å². The van der Waals surface area contributed by atoms with Gasteiger partial charge in [-0.25, -0.2) is 4.98 Å². The molecule has 0 amide bonds. The molecule has 3 heterocycles. The van der Waals surface area contributed by atoms with Gasteiger partial charge >= 0.3 is 0 Å². The zero-order chi connectivity index (χ0) is 17.8. The maximum Gasteiger partial charge on any atom is 0.131 e. The minimum absolute atomic E-state index is 0.571. The number of benzene rings is 1. The number of pyridine rings is 1. The van der Waals surface area contributed by atoms with Crippen LogP contribution < -0.4 is 4.90 Å². The highest BCUT2D eigenvalue weighted by atomic mass is 35.5. The van der Waals surface area contributed by atoms with Gasteiger partial charge in [0, 0.05) is 43.3 Å². The van der Waals surface area contributed by atoms with Gasteiger partial charge < -0.3 is 9.88 Å². The lowest BCUT2D eigenvalue weighted by molar-refractivity contribution is 0.252. The number of fused-ring (bicyclic) bond motifs is 1.